The minimum absolute atomic E-state index is 0.132. The van der Waals surface area contributed by atoms with Crippen LogP contribution in [-0.2, 0) is 0 Å². The molecular formula is C21H13FN6O2. The van der Waals surface area contributed by atoms with E-state index in [0.717, 1.165) is 0 Å². The minimum atomic E-state index is -0.445. The summed E-state index contributed by atoms with van der Waals surface area (Å²) < 4.78 is 21.3. The van der Waals surface area contributed by atoms with Gasteiger partial charge in [-0.1, -0.05) is 22.5 Å². The van der Waals surface area contributed by atoms with Gasteiger partial charge in [-0.05, 0) is 48.5 Å². The Hall–Kier alpha value is -4.40. The van der Waals surface area contributed by atoms with Crippen LogP contribution in [0.3, 0.4) is 0 Å². The Labute approximate surface area is 169 Å². The monoisotopic (exact) mass is 400 g/mol. The van der Waals surface area contributed by atoms with Gasteiger partial charge in [0, 0.05) is 23.5 Å². The van der Waals surface area contributed by atoms with Crippen molar-refractivity contribution in [2.45, 2.75) is 0 Å². The summed E-state index contributed by atoms with van der Waals surface area (Å²) >= 11 is 0. The van der Waals surface area contributed by atoms with Crippen molar-refractivity contribution in [1.82, 2.24) is 30.1 Å². The molecule has 0 saturated heterocycles. The molecular weight excluding hydrogens is 387 g/mol. The van der Waals surface area contributed by atoms with E-state index in [1.165, 1.54) is 22.9 Å². The fraction of sp³-hybridized carbons (Fsp3) is 0. The van der Waals surface area contributed by atoms with E-state index in [1.807, 2.05) is 0 Å². The first-order valence-electron chi connectivity index (χ1n) is 8.95. The first-order chi connectivity index (χ1) is 14.7. The number of halogens is 1. The maximum Gasteiger partial charge on any atom is 0.281 e. The maximum atomic E-state index is 14.5. The first kappa shape index (κ1) is 17.7. The van der Waals surface area contributed by atoms with Crippen LogP contribution in [0.25, 0.3) is 39.9 Å². The van der Waals surface area contributed by atoms with E-state index >= 15 is 0 Å². The van der Waals surface area contributed by atoms with Gasteiger partial charge in [-0.15, -0.1) is 5.10 Å². The van der Waals surface area contributed by atoms with Gasteiger partial charge in [0.05, 0.1) is 0 Å². The molecule has 5 rings (SSSR count). The third-order valence-corrected chi connectivity index (χ3v) is 4.46. The van der Waals surface area contributed by atoms with E-state index in [9.17, 15) is 9.50 Å². The Bertz CT molecular complexity index is 1320. The van der Waals surface area contributed by atoms with Crippen molar-refractivity contribution in [3.63, 3.8) is 0 Å². The van der Waals surface area contributed by atoms with E-state index in [4.69, 9.17) is 4.52 Å². The third-order valence-electron chi connectivity index (χ3n) is 4.46. The van der Waals surface area contributed by atoms with Crippen LogP contribution in [0.1, 0.15) is 0 Å². The summed E-state index contributed by atoms with van der Waals surface area (Å²) in [4.78, 5) is 8.44. The molecule has 0 aliphatic carbocycles. The lowest BCUT2D eigenvalue weighted by molar-refractivity contribution is 0.431. The van der Waals surface area contributed by atoms with Crippen molar-refractivity contribution < 1.29 is 14.0 Å². The number of aromatic nitrogens is 6. The second-order valence-electron chi connectivity index (χ2n) is 6.36. The Morgan fingerprint density at radius 1 is 0.900 bits per heavy atom. The molecule has 5 aromatic rings. The summed E-state index contributed by atoms with van der Waals surface area (Å²) in [6.45, 7) is 0. The molecule has 2 aromatic carbocycles. The van der Waals surface area contributed by atoms with Crippen molar-refractivity contribution in [2.75, 3.05) is 0 Å². The number of benzene rings is 2. The highest BCUT2D eigenvalue weighted by molar-refractivity contribution is 5.76. The molecule has 0 spiro atoms. The second-order valence-corrected chi connectivity index (χ2v) is 6.36. The molecule has 3 heterocycles. The van der Waals surface area contributed by atoms with Crippen LogP contribution < -0.4 is 0 Å². The number of hydrogen-bond acceptors (Lipinski definition) is 7. The zero-order chi connectivity index (χ0) is 20.5. The lowest BCUT2D eigenvalue weighted by Crippen LogP contribution is -2.02. The standard InChI is InChI=1S/C21H13FN6O2/c22-16-3-1-2-4-17(16)28-19(13-9-11-23-12-10-13)18(25-27-28)21-24-20(26-30-21)14-5-7-15(29)8-6-14/h1-12,29H. The van der Waals surface area contributed by atoms with Crippen LogP contribution in [-0.4, -0.2) is 35.2 Å². The van der Waals surface area contributed by atoms with Gasteiger partial charge in [0.25, 0.3) is 5.89 Å². The van der Waals surface area contributed by atoms with Crippen LogP contribution in [0.15, 0.2) is 77.6 Å². The van der Waals surface area contributed by atoms with Crippen molar-refractivity contribution >= 4 is 0 Å². The Morgan fingerprint density at radius 2 is 1.67 bits per heavy atom. The second kappa shape index (κ2) is 7.21. The lowest BCUT2D eigenvalue weighted by atomic mass is 10.1. The van der Waals surface area contributed by atoms with Crippen molar-refractivity contribution in [3.8, 4) is 45.7 Å². The maximum absolute atomic E-state index is 14.5. The fourth-order valence-corrected chi connectivity index (χ4v) is 3.03. The average molecular weight is 400 g/mol. The van der Waals surface area contributed by atoms with Gasteiger partial charge in [-0.2, -0.15) is 4.98 Å². The molecule has 0 unspecified atom stereocenters. The van der Waals surface area contributed by atoms with Gasteiger partial charge in [-0.25, -0.2) is 9.07 Å². The van der Waals surface area contributed by atoms with E-state index in [-0.39, 0.29) is 17.3 Å². The smallest absolute Gasteiger partial charge is 0.281 e. The van der Waals surface area contributed by atoms with Gasteiger partial charge >= 0.3 is 0 Å². The summed E-state index contributed by atoms with van der Waals surface area (Å²) in [7, 11) is 0. The number of nitrogens with zero attached hydrogens (tertiary/aromatic N) is 6. The van der Waals surface area contributed by atoms with Gasteiger partial charge in [0.2, 0.25) is 5.82 Å². The highest BCUT2D eigenvalue weighted by Crippen LogP contribution is 2.32. The molecule has 146 valence electrons. The molecule has 8 nitrogen and oxygen atoms in total. The number of aromatic hydroxyl groups is 1. The number of hydrogen-bond donors (Lipinski definition) is 1. The summed E-state index contributed by atoms with van der Waals surface area (Å²) in [5.41, 5.74) is 2.40. The summed E-state index contributed by atoms with van der Waals surface area (Å²) in [5, 5.41) is 21.8. The predicted octanol–water partition coefficient (Wildman–Crippen LogP) is 3.89. The SMILES string of the molecule is Oc1ccc(-c2noc(-c3nnn(-c4ccccc4F)c3-c3ccncc3)n2)cc1. The highest BCUT2D eigenvalue weighted by atomic mass is 19.1. The van der Waals surface area contributed by atoms with Crippen molar-refractivity contribution in [3.05, 3.63) is 78.9 Å². The Balaban J connectivity index is 1.66. The van der Waals surface area contributed by atoms with Crippen molar-refractivity contribution in [2.24, 2.45) is 0 Å². The fourth-order valence-electron chi connectivity index (χ4n) is 3.03. The molecule has 0 amide bonds. The van der Waals surface area contributed by atoms with Gasteiger partial charge in [0.15, 0.2) is 5.69 Å². The average Bonchev–Trinajstić information content (AvgIpc) is 3.43. The van der Waals surface area contributed by atoms with Crippen LogP contribution in [0.2, 0.25) is 0 Å². The third kappa shape index (κ3) is 3.08. The zero-order valence-corrected chi connectivity index (χ0v) is 15.3. The largest absolute Gasteiger partial charge is 0.508 e. The van der Waals surface area contributed by atoms with E-state index < -0.39 is 5.82 Å². The molecule has 0 bridgehead atoms. The number of phenols is 1. The number of pyridine rings is 1. The summed E-state index contributed by atoms with van der Waals surface area (Å²) in [5.74, 6) is 0.147. The van der Waals surface area contributed by atoms with Crippen LogP contribution in [0.5, 0.6) is 5.75 Å². The predicted molar refractivity (Wildman–Crippen MR) is 105 cm³/mol. The molecule has 30 heavy (non-hydrogen) atoms. The van der Waals surface area contributed by atoms with Crippen LogP contribution >= 0.6 is 0 Å². The molecule has 0 radical (unpaired) electrons. The molecule has 0 aliphatic heterocycles. The molecule has 0 aliphatic rings. The Morgan fingerprint density at radius 3 is 2.43 bits per heavy atom. The summed E-state index contributed by atoms with van der Waals surface area (Å²) in [6.07, 6.45) is 3.24. The highest BCUT2D eigenvalue weighted by Gasteiger charge is 2.24. The molecule has 0 atom stereocenters. The molecule has 0 fully saturated rings. The first-order valence-corrected chi connectivity index (χ1v) is 8.95. The topological polar surface area (TPSA) is 103 Å². The van der Waals surface area contributed by atoms with Crippen LogP contribution in [0, 0.1) is 5.82 Å². The van der Waals surface area contributed by atoms with Gasteiger partial charge in [0.1, 0.15) is 22.9 Å². The Kier molecular flexibility index (Phi) is 4.25. The van der Waals surface area contributed by atoms with E-state index in [2.05, 4.69) is 25.4 Å². The van der Waals surface area contributed by atoms with Crippen LogP contribution in [0.4, 0.5) is 4.39 Å². The van der Waals surface area contributed by atoms with E-state index in [1.54, 1.807) is 54.9 Å². The number of rotatable bonds is 4. The van der Waals surface area contributed by atoms with E-state index in [0.29, 0.717) is 28.3 Å². The minimum Gasteiger partial charge on any atom is -0.508 e. The molecule has 1 N–H and O–H groups in total. The molecule has 0 saturated carbocycles. The van der Waals surface area contributed by atoms with Gasteiger partial charge in [-0.3, -0.25) is 4.98 Å². The zero-order valence-electron chi connectivity index (χ0n) is 15.3. The normalized spacial score (nSPS) is 11.0. The molecule has 9 heteroatoms. The number of para-hydroxylation sites is 1. The quantitative estimate of drug-likeness (QED) is 0.488. The lowest BCUT2D eigenvalue weighted by Gasteiger charge is -2.08. The number of phenolic OH excluding ortho intramolecular Hbond substituents is 1. The van der Waals surface area contributed by atoms with Crippen molar-refractivity contribution in [1.29, 1.82) is 0 Å². The molecule has 3 aromatic heterocycles. The summed E-state index contributed by atoms with van der Waals surface area (Å²) in [6, 6.07) is 16.2. The van der Waals surface area contributed by atoms with Gasteiger partial charge < -0.3 is 9.63 Å².